The summed E-state index contributed by atoms with van der Waals surface area (Å²) in [6, 6.07) is 19.0. The third-order valence-corrected chi connectivity index (χ3v) is 3.80. The molecule has 2 nitrogen and oxygen atoms in total. The van der Waals surface area contributed by atoms with Gasteiger partial charge in [0.1, 0.15) is 18.5 Å². The zero-order chi connectivity index (χ0) is 14.5. The van der Waals surface area contributed by atoms with Gasteiger partial charge in [-0.3, -0.25) is 0 Å². The third-order valence-electron chi connectivity index (χ3n) is 3.80. The monoisotopic (exact) mass is 282 g/mol. The summed E-state index contributed by atoms with van der Waals surface area (Å²) in [5.41, 5.74) is 2.69. The van der Waals surface area contributed by atoms with Crippen molar-refractivity contribution < 1.29 is 9.47 Å². The number of rotatable bonds is 7. The van der Waals surface area contributed by atoms with Gasteiger partial charge in [-0.2, -0.15) is 0 Å². The second kappa shape index (κ2) is 6.77. The van der Waals surface area contributed by atoms with Crippen molar-refractivity contribution in [2.24, 2.45) is 5.92 Å². The smallest absolute Gasteiger partial charge is 0.122 e. The lowest BCUT2D eigenvalue weighted by molar-refractivity contribution is 0.260. The summed E-state index contributed by atoms with van der Waals surface area (Å²) in [5, 5.41) is 0. The Hall–Kier alpha value is -1.80. The Morgan fingerprint density at radius 2 is 1.76 bits per heavy atom. The molecule has 0 aliphatic carbocycles. The number of ether oxygens (including phenoxy) is 2. The number of benzene rings is 2. The summed E-state index contributed by atoms with van der Waals surface area (Å²) in [4.78, 5) is 0. The first-order valence-electron chi connectivity index (χ1n) is 7.67. The van der Waals surface area contributed by atoms with Crippen molar-refractivity contribution in [3.8, 4) is 5.75 Å². The van der Waals surface area contributed by atoms with Crippen LogP contribution in [-0.4, -0.2) is 19.3 Å². The van der Waals surface area contributed by atoms with Crippen LogP contribution in [0.1, 0.15) is 18.1 Å². The molecule has 0 saturated carbocycles. The van der Waals surface area contributed by atoms with Gasteiger partial charge in [0.2, 0.25) is 0 Å². The van der Waals surface area contributed by atoms with Crippen molar-refractivity contribution in [1.82, 2.24) is 0 Å². The molecule has 110 valence electrons. The van der Waals surface area contributed by atoms with Crippen LogP contribution in [0.4, 0.5) is 0 Å². The van der Waals surface area contributed by atoms with Crippen molar-refractivity contribution >= 4 is 0 Å². The Bertz CT molecular complexity index is 561. The highest BCUT2D eigenvalue weighted by Gasteiger charge is 2.23. The Morgan fingerprint density at radius 1 is 1.05 bits per heavy atom. The van der Waals surface area contributed by atoms with E-state index in [2.05, 4.69) is 55.5 Å². The van der Waals surface area contributed by atoms with Crippen molar-refractivity contribution in [1.29, 1.82) is 0 Å². The van der Waals surface area contributed by atoms with E-state index in [0.717, 1.165) is 25.2 Å². The van der Waals surface area contributed by atoms with Crippen LogP contribution in [0, 0.1) is 5.92 Å². The zero-order valence-corrected chi connectivity index (χ0v) is 12.5. The second-order valence-electron chi connectivity index (χ2n) is 5.87. The SMILES string of the molecule is CC(Cc1ccccc1)Cc1ccccc1OCC1CO1. The quantitative estimate of drug-likeness (QED) is 0.719. The molecule has 2 atom stereocenters. The Balaban J connectivity index is 1.60. The van der Waals surface area contributed by atoms with Gasteiger partial charge in [0, 0.05) is 0 Å². The maximum absolute atomic E-state index is 5.89. The molecular weight excluding hydrogens is 260 g/mol. The van der Waals surface area contributed by atoms with E-state index in [4.69, 9.17) is 9.47 Å². The maximum atomic E-state index is 5.89. The molecule has 3 rings (SSSR count). The van der Waals surface area contributed by atoms with E-state index >= 15 is 0 Å². The number of hydrogen-bond acceptors (Lipinski definition) is 2. The van der Waals surface area contributed by atoms with Gasteiger partial charge < -0.3 is 9.47 Å². The lowest BCUT2D eigenvalue weighted by Gasteiger charge is -2.15. The zero-order valence-electron chi connectivity index (χ0n) is 12.5. The van der Waals surface area contributed by atoms with E-state index in [0.29, 0.717) is 18.6 Å². The summed E-state index contributed by atoms with van der Waals surface area (Å²) < 4.78 is 11.1. The summed E-state index contributed by atoms with van der Waals surface area (Å²) in [5.74, 6) is 1.60. The Labute approximate surface area is 126 Å². The van der Waals surface area contributed by atoms with Crippen LogP contribution in [0.2, 0.25) is 0 Å². The maximum Gasteiger partial charge on any atom is 0.122 e. The topological polar surface area (TPSA) is 21.8 Å². The molecule has 0 N–H and O–H groups in total. The summed E-state index contributed by atoms with van der Waals surface area (Å²) >= 11 is 0. The Kier molecular flexibility index (Phi) is 4.56. The van der Waals surface area contributed by atoms with E-state index in [1.165, 1.54) is 11.1 Å². The molecule has 0 spiro atoms. The fourth-order valence-corrected chi connectivity index (χ4v) is 2.62. The third kappa shape index (κ3) is 4.33. The molecule has 1 fully saturated rings. The van der Waals surface area contributed by atoms with E-state index < -0.39 is 0 Å². The molecule has 2 aromatic rings. The second-order valence-corrected chi connectivity index (χ2v) is 5.87. The molecule has 0 radical (unpaired) electrons. The number of para-hydroxylation sites is 1. The summed E-state index contributed by atoms with van der Waals surface area (Å²) in [6.45, 7) is 3.81. The minimum Gasteiger partial charge on any atom is -0.491 e. The van der Waals surface area contributed by atoms with Gasteiger partial charge >= 0.3 is 0 Å². The molecule has 1 saturated heterocycles. The molecule has 1 heterocycles. The molecule has 21 heavy (non-hydrogen) atoms. The van der Waals surface area contributed by atoms with Crippen LogP contribution in [-0.2, 0) is 17.6 Å². The van der Waals surface area contributed by atoms with Gasteiger partial charge in [-0.1, -0.05) is 55.5 Å². The van der Waals surface area contributed by atoms with Crippen molar-refractivity contribution in [2.45, 2.75) is 25.9 Å². The van der Waals surface area contributed by atoms with Gasteiger partial charge in [0.05, 0.1) is 6.61 Å². The number of epoxide rings is 1. The van der Waals surface area contributed by atoms with E-state index in [9.17, 15) is 0 Å². The molecule has 1 aliphatic heterocycles. The van der Waals surface area contributed by atoms with Crippen molar-refractivity contribution in [3.05, 3.63) is 65.7 Å². The highest BCUT2D eigenvalue weighted by atomic mass is 16.6. The first-order chi connectivity index (χ1) is 10.3. The van der Waals surface area contributed by atoms with E-state index in [-0.39, 0.29) is 0 Å². The average molecular weight is 282 g/mol. The molecular formula is C19H22O2. The van der Waals surface area contributed by atoms with Gasteiger partial charge in [0.25, 0.3) is 0 Å². The fourth-order valence-electron chi connectivity index (χ4n) is 2.62. The standard InChI is InChI=1S/C19H22O2/c1-15(11-16-7-3-2-4-8-16)12-17-9-5-6-10-19(17)21-14-18-13-20-18/h2-10,15,18H,11-14H2,1H3. The molecule has 2 aromatic carbocycles. The van der Waals surface area contributed by atoms with Gasteiger partial charge in [-0.05, 0) is 36.0 Å². The van der Waals surface area contributed by atoms with Gasteiger partial charge in [-0.25, -0.2) is 0 Å². The normalized spacial score (nSPS) is 18.2. The first kappa shape index (κ1) is 14.2. The molecule has 0 amide bonds. The molecule has 1 aliphatic rings. The van der Waals surface area contributed by atoms with Crippen LogP contribution in [0.3, 0.4) is 0 Å². The minimum absolute atomic E-state index is 0.305. The lowest BCUT2D eigenvalue weighted by atomic mass is 9.94. The minimum atomic E-state index is 0.305. The van der Waals surface area contributed by atoms with Gasteiger partial charge in [0.15, 0.2) is 0 Å². The average Bonchev–Trinajstić information content (AvgIpc) is 3.31. The van der Waals surface area contributed by atoms with Crippen LogP contribution >= 0.6 is 0 Å². The van der Waals surface area contributed by atoms with Gasteiger partial charge in [-0.15, -0.1) is 0 Å². The predicted molar refractivity (Wildman–Crippen MR) is 84.7 cm³/mol. The summed E-state index contributed by atoms with van der Waals surface area (Å²) in [7, 11) is 0. The van der Waals surface area contributed by atoms with Crippen molar-refractivity contribution in [2.75, 3.05) is 13.2 Å². The lowest BCUT2D eigenvalue weighted by Crippen LogP contribution is -2.09. The highest BCUT2D eigenvalue weighted by molar-refractivity contribution is 5.34. The van der Waals surface area contributed by atoms with Crippen LogP contribution < -0.4 is 4.74 Å². The van der Waals surface area contributed by atoms with Crippen LogP contribution in [0.25, 0.3) is 0 Å². The fraction of sp³-hybridized carbons (Fsp3) is 0.368. The molecule has 2 unspecified atom stereocenters. The highest BCUT2D eigenvalue weighted by Crippen LogP contribution is 2.24. The van der Waals surface area contributed by atoms with E-state index in [1.54, 1.807) is 0 Å². The predicted octanol–water partition coefficient (Wildman–Crippen LogP) is 3.89. The first-order valence-corrected chi connectivity index (χ1v) is 7.67. The Morgan fingerprint density at radius 3 is 2.52 bits per heavy atom. The van der Waals surface area contributed by atoms with E-state index in [1.807, 2.05) is 6.07 Å². The molecule has 2 heteroatoms. The summed E-state index contributed by atoms with van der Waals surface area (Å²) in [6.07, 6.45) is 2.44. The molecule has 0 bridgehead atoms. The van der Waals surface area contributed by atoms with Crippen LogP contribution in [0.15, 0.2) is 54.6 Å². The largest absolute Gasteiger partial charge is 0.491 e. The number of hydrogen-bond donors (Lipinski definition) is 0. The van der Waals surface area contributed by atoms with Crippen molar-refractivity contribution in [3.63, 3.8) is 0 Å². The van der Waals surface area contributed by atoms with Crippen LogP contribution in [0.5, 0.6) is 5.75 Å². The molecule has 0 aromatic heterocycles.